The zero-order chi connectivity index (χ0) is 16.7. The summed E-state index contributed by atoms with van der Waals surface area (Å²) in [4.78, 5) is 22.3. The van der Waals surface area contributed by atoms with E-state index >= 15 is 0 Å². The van der Waals surface area contributed by atoms with Gasteiger partial charge < -0.3 is 9.42 Å². The minimum Gasteiger partial charge on any atom is -0.340 e. The first-order valence-corrected chi connectivity index (χ1v) is 9.99. The molecule has 2 aliphatic carbocycles. The Labute approximate surface area is 151 Å². The minimum atomic E-state index is -0.115. The Hall–Kier alpha value is -0.950. The van der Waals surface area contributed by atoms with Crippen LogP contribution >= 0.6 is 15.9 Å². The molecule has 3 fully saturated rings. The fourth-order valence-electron chi connectivity index (χ4n) is 4.64. The quantitative estimate of drug-likeness (QED) is 0.730. The molecule has 1 aliphatic heterocycles. The summed E-state index contributed by atoms with van der Waals surface area (Å²) in [6.45, 7) is 6.10. The molecule has 7 heteroatoms. The number of carbonyl (C=O) groups excluding carboxylic acids is 1. The molecular weight excluding hydrogens is 372 g/mol. The maximum absolute atomic E-state index is 13.1. The largest absolute Gasteiger partial charge is 0.340 e. The van der Waals surface area contributed by atoms with Gasteiger partial charge in [0.1, 0.15) is 0 Å². The van der Waals surface area contributed by atoms with Gasteiger partial charge in [0.2, 0.25) is 11.8 Å². The first-order valence-electron chi connectivity index (χ1n) is 9.08. The lowest BCUT2D eigenvalue weighted by Gasteiger charge is -2.40. The number of hydrogen-bond acceptors (Lipinski definition) is 5. The summed E-state index contributed by atoms with van der Waals surface area (Å²) < 4.78 is 5.17. The van der Waals surface area contributed by atoms with Crippen molar-refractivity contribution in [2.45, 2.75) is 50.4 Å². The number of aryl methyl sites for hydroxylation is 1. The Kier molecular flexibility index (Phi) is 4.41. The molecule has 0 aromatic carbocycles. The van der Waals surface area contributed by atoms with Crippen molar-refractivity contribution in [1.29, 1.82) is 0 Å². The van der Waals surface area contributed by atoms with E-state index in [-0.39, 0.29) is 5.41 Å². The molecule has 0 unspecified atom stereocenters. The number of fused-ring (bicyclic) bond motifs is 2. The molecule has 132 valence electrons. The lowest BCUT2D eigenvalue weighted by Crippen LogP contribution is -2.53. The highest BCUT2D eigenvalue weighted by Gasteiger charge is 2.57. The molecule has 6 nitrogen and oxygen atoms in total. The number of nitrogens with zero attached hydrogens (tertiary/aromatic N) is 4. The number of halogens is 1. The first-order chi connectivity index (χ1) is 11.6. The van der Waals surface area contributed by atoms with Crippen LogP contribution in [0.3, 0.4) is 0 Å². The van der Waals surface area contributed by atoms with Crippen molar-refractivity contribution in [2.75, 3.05) is 26.2 Å². The highest BCUT2D eigenvalue weighted by atomic mass is 79.9. The van der Waals surface area contributed by atoms with Crippen molar-refractivity contribution in [1.82, 2.24) is 19.9 Å². The maximum Gasteiger partial charge on any atom is 0.230 e. The van der Waals surface area contributed by atoms with Crippen LogP contribution in [0.25, 0.3) is 0 Å². The van der Waals surface area contributed by atoms with Crippen LogP contribution in [0.1, 0.15) is 44.3 Å². The fourth-order valence-corrected chi connectivity index (χ4v) is 5.78. The predicted molar refractivity (Wildman–Crippen MR) is 92.6 cm³/mol. The molecule has 1 amide bonds. The summed E-state index contributed by atoms with van der Waals surface area (Å²) in [5, 5.41) is 4.02. The monoisotopic (exact) mass is 396 g/mol. The zero-order valence-electron chi connectivity index (χ0n) is 14.2. The average Bonchev–Trinajstić information content (AvgIpc) is 3.29. The van der Waals surface area contributed by atoms with Crippen molar-refractivity contribution >= 4 is 21.8 Å². The van der Waals surface area contributed by atoms with E-state index in [1.807, 2.05) is 6.92 Å². The number of carbonyl (C=O) groups is 1. The average molecular weight is 397 g/mol. The molecule has 2 saturated carbocycles. The van der Waals surface area contributed by atoms with E-state index in [4.69, 9.17) is 4.52 Å². The molecule has 2 heterocycles. The van der Waals surface area contributed by atoms with Crippen molar-refractivity contribution in [2.24, 2.45) is 11.3 Å². The molecule has 0 N–H and O–H groups in total. The van der Waals surface area contributed by atoms with E-state index in [0.29, 0.717) is 23.2 Å². The van der Waals surface area contributed by atoms with Gasteiger partial charge in [-0.05, 0) is 31.6 Å². The molecule has 4 rings (SSSR count). The highest BCUT2D eigenvalue weighted by molar-refractivity contribution is 9.09. The molecule has 0 radical (unpaired) electrons. The van der Waals surface area contributed by atoms with Crippen LogP contribution in [0, 0.1) is 11.3 Å². The second-order valence-corrected chi connectivity index (χ2v) is 8.60. The summed E-state index contributed by atoms with van der Waals surface area (Å²) in [5.41, 5.74) is -0.115. The smallest absolute Gasteiger partial charge is 0.230 e. The van der Waals surface area contributed by atoms with E-state index in [1.165, 1.54) is 12.8 Å². The van der Waals surface area contributed by atoms with E-state index in [9.17, 15) is 4.79 Å². The van der Waals surface area contributed by atoms with Gasteiger partial charge in [-0.3, -0.25) is 9.69 Å². The molecular formula is C17H25BrN4O2. The predicted octanol–water partition coefficient (Wildman–Crippen LogP) is 2.23. The van der Waals surface area contributed by atoms with E-state index in [1.54, 1.807) is 0 Å². The molecule has 1 saturated heterocycles. The van der Waals surface area contributed by atoms with E-state index in [2.05, 4.69) is 35.9 Å². The molecule has 1 aromatic heterocycles. The number of amides is 1. The van der Waals surface area contributed by atoms with Crippen LogP contribution < -0.4 is 0 Å². The number of alkyl halides is 1. The van der Waals surface area contributed by atoms with Gasteiger partial charge in [-0.25, -0.2) is 0 Å². The van der Waals surface area contributed by atoms with Crippen LogP contribution in [-0.4, -0.2) is 56.9 Å². The minimum absolute atomic E-state index is 0.115. The zero-order valence-corrected chi connectivity index (χ0v) is 15.8. The third-order valence-corrected chi connectivity index (χ3v) is 7.30. The SMILES string of the molecule is CCc1nc(CN2CCN(C(=O)[C@@]34CC[C@H](C[C@@H]3Br)C4)CC2)no1. The molecule has 24 heavy (non-hydrogen) atoms. The number of hydrogen-bond donors (Lipinski definition) is 0. The van der Waals surface area contributed by atoms with Gasteiger partial charge in [-0.15, -0.1) is 0 Å². The van der Waals surface area contributed by atoms with E-state index < -0.39 is 0 Å². The normalized spacial score (nSPS) is 33.3. The van der Waals surface area contributed by atoms with Crippen LogP contribution in [0.15, 0.2) is 4.52 Å². The second-order valence-electron chi connectivity index (χ2n) is 7.49. The van der Waals surface area contributed by atoms with E-state index in [0.717, 1.165) is 57.2 Å². The van der Waals surface area contributed by atoms with Crippen molar-refractivity contribution in [3.05, 3.63) is 11.7 Å². The van der Waals surface area contributed by atoms with Crippen molar-refractivity contribution < 1.29 is 9.32 Å². The maximum atomic E-state index is 13.1. The fraction of sp³-hybridized carbons (Fsp3) is 0.824. The standard InChI is InChI=1S/C17H25BrN4O2/c1-2-15-19-14(20-24-15)11-21-5-7-22(8-6-21)16(23)17-4-3-12(10-17)9-13(17)18/h12-13H,2-11H2,1H3/t12-,13+,17-/m1/s1. The summed E-state index contributed by atoms with van der Waals surface area (Å²) in [5.74, 6) is 2.58. The topological polar surface area (TPSA) is 62.5 Å². The molecule has 3 atom stereocenters. The van der Waals surface area contributed by atoms with Crippen LogP contribution in [0.2, 0.25) is 0 Å². The number of piperazine rings is 1. The lowest BCUT2D eigenvalue weighted by atomic mass is 9.82. The third kappa shape index (κ3) is 2.79. The Morgan fingerprint density at radius 3 is 2.75 bits per heavy atom. The Bertz CT molecular complexity index is 613. The van der Waals surface area contributed by atoms with Crippen LogP contribution in [-0.2, 0) is 17.8 Å². The van der Waals surface area contributed by atoms with Crippen molar-refractivity contribution in [3.63, 3.8) is 0 Å². The number of rotatable bonds is 4. The van der Waals surface area contributed by atoms with Gasteiger partial charge in [0.15, 0.2) is 5.82 Å². The van der Waals surface area contributed by atoms with Crippen LogP contribution in [0.5, 0.6) is 0 Å². The van der Waals surface area contributed by atoms with Gasteiger partial charge in [-0.1, -0.05) is 28.0 Å². The summed E-state index contributed by atoms with van der Waals surface area (Å²) in [7, 11) is 0. The molecule has 0 spiro atoms. The third-order valence-electron chi connectivity index (χ3n) is 6.05. The van der Waals surface area contributed by atoms with Gasteiger partial charge in [0, 0.05) is 37.4 Å². The Balaban J connectivity index is 1.33. The summed E-state index contributed by atoms with van der Waals surface area (Å²) in [6, 6.07) is 0. The first kappa shape index (κ1) is 16.5. The Morgan fingerprint density at radius 1 is 1.38 bits per heavy atom. The lowest BCUT2D eigenvalue weighted by molar-refractivity contribution is -0.143. The van der Waals surface area contributed by atoms with Gasteiger partial charge in [-0.2, -0.15) is 4.98 Å². The summed E-state index contributed by atoms with van der Waals surface area (Å²) in [6.07, 6.45) is 5.32. The second kappa shape index (κ2) is 6.41. The van der Waals surface area contributed by atoms with Gasteiger partial charge in [0.25, 0.3) is 0 Å². The molecule has 3 aliphatic rings. The van der Waals surface area contributed by atoms with Gasteiger partial charge in [0.05, 0.1) is 12.0 Å². The Morgan fingerprint density at radius 2 is 2.17 bits per heavy atom. The van der Waals surface area contributed by atoms with Crippen molar-refractivity contribution in [3.8, 4) is 0 Å². The molecule has 2 bridgehead atoms. The molecule has 1 aromatic rings. The van der Waals surface area contributed by atoms with Crippen LogP contribution in [0.4, 0.5) is 0 Å². The highest BCUT2D eigenvalue weighted by Crippen LogP contribution is 2.57. The summed E-state index contributed by atoms with van der Waals surface area (Å²) >= 11 is 3.80. The number of aromatic nitrogens is 2. The van der Waals surface area contributed by atoms with Gasteiger partial charge >= 0.3 is 0 Å².